The molecule has 1 heterocycles. The summed E-state index contributed by atoms with van der Waals surface area (Å²) in [5.74, 6) is 2.54. The van der Waals surface area contributed by atoms with E-state index in [9.17, 15) is 9.59 Å². The molecule has 2 aromatic rings. The van der Waals surface area contributed by atoms with E-state index in [4.69, 9.17) is 0 Å². The van der Waals surface area contributed by atoms with Gasteiger partial charge in [-0.15, -0.1) is 0 Å². The number of rotatable bonds is 4. The summed E-state index contributed by atoms with van der Waals surface area (Å²) in [5, 5.41) is 0.537. The number of para-hydroxylation sites is 1. The molecule has 1 aromatic heterocycles. The van der Waals surface area contributed by atoms with E-state index >= 15 is 0 Å². The lowest BCUT2D eigenvalue weighted by molar-refractivity contribution is -0.118. The lowest BCUT2D eigenvalue weighted by Gasteiger charge is -2.21. The zero-order chi connectivity index (χ0) is 16.7. The number of aromatic nitrogens is 2. The number of aryl methyl sites for hydroxylation is 1. The Morgan fingerprint density at radius 1 is 1.29 bits per heavy atom. The molecule has 2 saturated carbocycles. The molecule has 1 N–H and O–H groups in total. The fourth-order valence-corrected chi connectivity index (χ4v) is 4.57. The molecule has 0 unspecified atom stereocenters. The third-order valence-corrected chi connectivity index (χ3v) is 5.73. The van der Waals surface area contributed by atoms with E-state index in [2.05, 4.69) is 10.4 Å². The van der Waals surface area contributed by atoms with Crippen molar-refractivity contribution in [1.29, 1.82) is 0 Å². The summed E-state index contributed by atoms with van der Waals surface area (Å²) in [4.78, 5) is 29.7. The number of hydrogen-bond acceptors (Lipinski definition) is 3. The zero-order valence-electron chi connectivity index (χ0n) is 14.0. The van der Waals surface area contributed by atoms with Crippen LogP contribution in [-0.2, 0) is 11.2 Å². The lowest BCUT2D eigenvalue weighted by atomic mass is 9.86. The summed E-state index contributed by atoms with van der Waals surface area (Å²) in [6.45, 7) is 1.94. The molecule has 2 aliphatic rings. The van der Waals surface area contributed by atoms with E-state index < -0.39 is 0 Å². The fourth-order valence-electron chi connectivity index (χ4n) is 4.57. The van der Waals surface area contributed by atoms with Crippen molar-refractivity contribution >= 4 is 16.8 Å². The normalized spacial score (nSPS) is 25.3. The van der Waals surface area contributed by atoms with Gasteiger partial charge in [0.1, 0.15) is 5.82 Å². The third-order valence-electron chi connectivity index (χ3n) is 5.73. The van der Waals surface area contributed by atoms with Gasteiger partial charge in [0.25, 0.3) is 5.56 Å². The largest absolute Gasteiger partial charge is 0.280 e. The molecule has 0 aliphatic heterocycles. The highest BCUT2D eigenvalue weighted by atomic mass is 16.2. The average molecular weight is 325 g/mol. The zero-order valence-corrected chi connectivity index (χ0v) is 14.0. The molecule has 2 aliphatic carbocycles. The molecule has 5 heteroatoms. The van der Waals surface area contributed by atoms with Gasteiger partial charge >= 0.3 is 0 Å². The van der Waals surface area contributed by atoms with E-state index in [1.807, 2.05) is 25.1 Å². The maximum Gasteiger partial charge on any atom is 0.280 e. The van der Waals surface area contributed by atoms with E-state index in [0.717, 1.165) is 5.92 Å². The van der Waals surface area contributed by atoms with Gasteiger partial charge in [-0.2, -0.15) is 0 Å². The molecule has 126 valence electrons. The molecule has 1 amide bonds. The van der Waals surface area contributed by atoms with Gasteiger partial charge in [-0.1, -0.05) is 25.5 Å². The summed E-state index contributed by atoms with van der Waals surface area (Å²) < 4.78 is 1.35. The molecular weight excluding hydrogens is 302 g/mol. The number of nitrogens with zero attached hydrogens (tertiary/aromatic N) is 2. The average Bonchev–Trinajstić information content (AvgIpc) is 3.20. The van der Waals surface area contributed by atoms with E-state index in [1.54, 1.807) is 6.07 Å². The molecule has 4 rings (SSSR count). The second-order valence-corrected chi connectivity index (χ2v) is 7.21. The molecule has 3 atom stereocenters. The van der Waals surface area contributed by atoms with Crippen LogP contribution < -0.4 is 11.0 Å². The molecule has 0 radical (unpaired) electrons. The van der Waals surface area contributed by atoms with Crippen LogP contribution >= 0.6 is 0 Å². The maximum atomic E-state index is 12.7. The highest BCUT2D eigenvalue weighted by Crippen LogP contribution is 2.49. The summed E-state index contributed by atoms with van der Waals surface area (Å²) in [7, 11) is 0. The van der Waals surface area contributed by atoms with Crippen molar-refractivity contribution < 1.29 is 4.79 Å². The van der Waals surface area contributed by atoms with Gasteiger partial charge in [-0.25, -0.2) is 9.66 Å². The van der Waals surface area contributed by atoms with Crippen LogP contribution in [-0.4, -0.2) is 15.6 Å². The molecule has 24 heavy (non-hydrogen) atoms. The van der Waals surface area contributed by atoms with Crippen molar-refractivity contribution in [2.75, 3.05) is 5.43 Å². The van der Waals surface area contributed by atoms with Crippen LogP contribution in [0.15, 0.2) is 29.1 Å². The second kappa shape index (κ2) is 6.04. The highest BCUT2D eigenvalue weighted by molar-refractivity contribution is 5.85. The van der Waals surface area contributed by atoms with Crippen LogP contribution in [0.25, 0.3) is 10.9 Å². The van der Waals surface area contributed by atoms with Crippen molar-refractivity contribution in [1.82, 2.24) is 9.66 Å². The Kier molecular flexibility index (Phi) is 3.87. The van der Waals surface area contributed by atoms with Gasteiger partial charge in [0, 0.05) is 12.8 Å². The van der Waals surface area contributed by atoms with Crippen molar-refractivity contribution in [3.63, 3.8) is 0 Å². The number of carbonyl (C=O) groups excluding carboxylic acids is 1. The Morgan fingerprint density at radius 3 is 2.83 bits per heavy atom. The van der Waals surface area contributed by atoms with Gasteiger partial charge < -0.3 is 0 Å². The molecule has 5 nitrogen and oxygen atoms in total. The molecule has 2 bridgehead atoms. The second-order valence-electron chi connectivity index (χ2n) is 7.21. The molecular formula is C19H23N3O2. The van der Waals surface area contributed by atoms with E-state index in [-0.39, 0.29) is 11.5 Å². The van der Waals surface area contributed by atoms with E-state index in [1.165, 1.54) is 30.4 Å². The Labute approximate surface area is 141 Å². The quantitative estimate of drug-likeness (QED) is 0.940. The lowest BCUT2D eigenvalue weighted by Crippen LogP contribution is -2.37. The van der Waals surface area contributed by atoms with Gasteiger partial charge in [0.05, 0.1) is 10.9 Å². The predicted octanol–water partition coefficient (Wildman–Crippen LogP) is 2.86. The minimum atomic E-state index is -0.196. The Morgan fingerprint density at radius 2 is 2.12 bits per heavy atom. The van der Waals surface area contributed by atoms with E-state index in [0.29, 0.717) is 41.4 Å². The van der Waals surface area contributed by atoms with Crippen molar-refractivity contribution in [3.05, 3.63) is 40.4 Å². The fraction of sp³-hybridized carbons (Fsp3) is 0.526. The number of benzene rings is 1. The van der Waals surface area contributed by atoms with Crippen molar-refractivity contribution in [3.8, 4) is 0 Å². The van der Waals surface area contributed by atoms with Gasteiger partial charge in [0.2, 0.25) is 5.91 Å². The van der Waals surface area contributed by atoms with Gasteiger partial charge in [0.15, 0.2) is 0 Å². The first-order valence-electron chi connectivity index (χ1n) is 8.96. The summed E-state index contributed by atoms with van der Waals surface area (Å²) in [5.41, 5.74) is 3.29. The van der Waals surface area contributed by atoms with Crippen LogP contribution in [0.1, 0.15) is 44.9 Å². The smallest absolute Gasteiger partial charge is 0.273 e. The number of hydrogen-bond donors (Lipinski definition) is 1. The van der Waals surface area contributed by atoms with Crippen LogP contribution in [0.3, 0.4) is 0 Å². The van der Waals surface area contributed by atoms with Crippen LogP contribution in [0.4, 0.5) is 0 Å². The monoisotopic (exact) mass is 325 g/mol. The SMILES string of the molecule is CCc1nc2ccccc2c(=O)n1NC(=O)C[C@@H]1C[C@@H]2CC[C@H]1C2. The number of amides is 1. The van der Waals surface area contributed by atoms with Crippen LogP contribution in [0, 0.1) is 17.8 Å². The Balaban J connectivity index is 1.58. The molecule has 2 fully saturated rings. The maximum absolute atomic E-state index is 12.7. The van der Waals surface area contributed by atoms with Crippen molar-refractivity contribution in [2.45, 2.75) is 45.4 Å². The van der Waals surface area contributed by atoms with Crippen LogP contribution in [0.5, 0.6) is 0 Å². The molecule has 0 spiro atoms. The number of fused-ring (bicyclic) bond motifs is 3. The molecule has 1 aromatic carbocycles. The van der Waals surface area contributed by atoms with Gasteiger partial charge in [-0.3, -0.25) is 15.0 Å². The topological polar surface area (TPSA) is 64.0 Å². The number of carbonyl (C=O) groups is 1. The molecule has 0 saturated heterocycles. The first-order valence-corrected chi connectivity index (χ1v) is 8.96. The number of nitrogens with one attached hydrogen (secondary N) is 1. The van der Waals surface area contributed by atoms with Crippen LogP contribution in [0.2, 0.25) is 0 Å². The minimum Gasteiger partial charge on any atom is -0.273 e. The summed E-state index contributed by atoms with van der Waals surface area (Å²) >= 11 is 0. The minimum absolute atomic E-state index is 0.0681. The summed E-state index contributed by atoms with van der Waals surface area (Å²) in [6, 6.07) is 7.27. The van der Waals surface area contributed by atoms with Gasteiger partial charge in [-0.05, 0) is 49.1 Å². The first-order chi connectivity index (χ1) is 11.7. The summed E-state index contributed by atoms with van der Waals surface area (Å²) in [6.07, 6.45) is 6.16. The Hall–Kier alpha value is -2.17. The standard InChI is InChI=1S/C19H23N3O2/c1-2-17-20-16-6-4-3-5-15(16)19(24)22(17)21-18(23)11-14-10-12-7-8-13(14)9-12/h3-6,12-14H,2,7-11H2,1H3,(H,21,23)/t12-,13+,14+/m1/s1. The van der Waals surface area contributed by atoms with Crippen molar-refractivity contribution in [2.24, 2.45) is 17.8 Å². The predicted molar refractivity (Wildman–Crippen MR) is 93.3 cm³/mol. The highest BCUT2D eigenvalue weighted by Gasteiger charge is 2.40. The third kappa shape index (κ3) is 2.62. The first kappa shape index (κ1) is 15.4. The Bertz CT molecular complexity index is 842.